The number of hydrogen-bond acceptors (Lipinski definition) is 4. The van der Waals surface area contributed by atoms with Crippen molar-refractivity contribution in [1.82, 2.24) is 15.1 Å². The van der Waals surface area contributed by atoms with Crippen LogP contribution in [0.1, 0.15) is 31.0 Å². The summed E-state index contributed by atoms with van der Waals surface area (Å²) in [5.41, 5.74) is 3.60. The molecule has 2 rings (SSSR count). The second kappa shape index (κ2) is 12.5. The maximum Gasteiger partial charge on any atom is 0.246 e. The lowest BCUT2D eigenvalue weighted by molar-refractivity contribution is -0.126. The lowest BCUT2D eigenvalue weighted by Gasteiger charge is -2.38. The Morgan fingerprint density at radius 1 is 1.17 bits per heavy atom. The Hall–Kier alpha value is -2.21. The Balaban J connectivity index is 1.63. The number of aryl methyl sites for hydroxylation is 1. The highest BCUT2D eigenvalue weighted by atomic mass is 16.5. The largest absolute Gasteiger partial charge is 0.370 e. The second-order valence-corrected chi connectivity index (χ2v) is 7.91. The fraction of sp³-hybridized carbons (Fsp3) is 0.480. The Morgan fingerprint density at radius 2 is 1.83 bits per heavy atom. The fourth-order valence-electron chi connectivity index (χ4n) is 3.68. The summed E-state index contributed by atoms with van der Waals surface area (Å²) in [7, 11) is 0. The summed E-state index contributed by atoms with van der Waals surface area (Å²) in [6.07, 6.45) is 5.27. The molecule has 5 nitrogen and oxygen atoms in total. The van der Waals surface area contributed by atoms with E-state index in [1.54, 1.807) is 12.2 Å². The molecule has 1 N–H and O–H groups in total. The van der Waals surface area contributed by atoms with E-state index >= 15 is 0 Å². The van der Waals surface area contributed by atoms with E-state index < -0.39 is 0 Å². The second-order valence-electron chi connectivity index (χ2n) is 7.91. The lowest BCUT2D eigenvalue weighted by Crippen LogP contribution is -2.48. The minimum Gasteiger partial charge on any atom is -0.370 e. The van der Waals surface area contributed by atoms with Gasteiger partial charge >= 0.3 is 0 Å². The highest BCUT2D eigenvalue weighted by Gasteiger charge is 2.21. The molecule has 1 fully saturated rings. The predicted octanol–water partition coefficient (Wildman–Crippen LogP) is 3.49. The molecule has 2 atom stereocenters. The lowest BCUT2D eigenvalue weighted by atomic mass is 10.0. The minimum absolute atomic E-state index is 0.0767. The molecule has 1 heterocycles. The average molecular weight is 412 g/mol. The molecular weight excluding hydrogens is 374 g/mol. The first kappa shape index (κ1) is 24.1. The quantitative estimate of drug-likeness (QED) is 0.447. The summed E-state index contributed by atoms with van der Waals surface area (Å²) in [6.45, 7) is 19.4. The van der Waals surface area contributed by atoms with Gasteiger partial charge in [0.05, 0.1) is 12.6 Å². The normalized spacial score (nSPS) is 17.9. The van der Waals surface area contributed by atoms with E-state index in [-0.39, 0.29) is 18.6 Å². The number of allylic oxidation sites excluding steroid dienone is 2. The van der Waals surface area contributed by atoms with Crippen LogP contribution in [0.25, 0.3) is 0 Å². The van der Waals surface area contributed by atoms with E-state index in [1.165, 1.54) is 11.1 Å². The van der Waals surface area contributed by atoms with Crippen LogP contribution in [0.15, 0.2) is 61.2 Å². The molecule has 0 saturated carbocycles. The van der Waals surface area contributed by atoms with Gasteiger partial charge in [-0.2, -0.15) is 0 Å². The van der Waals surface area contributed by atoms with Crippen LogP contribution in [0.3, 0.4) is 0 Å². The molecule has 1 saturated heterocycles. The Labute approximate surface area is 182 Å². The first-order valence-corrected chi connectivity index (χ1v) is 10.8. The number of ether oxygens (including phenoxy) is 1. The van der Waals surface area contributed by atoms with Gasteiger partial charge < -0.3 is 10.1 Å². The van der Waals surface area contributed by atoms with Crippen molar-refractivity contribution in [3.8, 4) is 0 Å². The van der Waals surface area contributed by atoms with Gasteiger partial charge in [0.25, 0.3) is 0 Å². The topological polar surface area (TPSA) is 44.8 Å². The van der Waals surface area contributed by atoms with Gasteiger partial charge in [-0.05, 0) is 31.9 Å². The maximum absolute atomic E-state index is 12.1. The van der Waals surface area contributed by atoms with Crippen molar-refractivity contribution in [3.05, 3.63) is 72.4 Å². The van der Waals surface area contributed by atoms with Crippen LogP contribution < -0.4 is 5.32 Å². The standard InChI is InChI=1S/C25H37N3O2/c1-6-8-23(7-2)21(4)26-25(29)19-30-18-17-27-13-15-28(16-14-27)22(5)24-11-9-20(3)10-12-24/h6-12,21-22H,1-2,13-19H2,3-5H3,(H,26,29)/b23-8+/t21?,22-/m1/s1. The summed E-state index contributed by atoms with van der Waals surface area (Å²) >= 11 is 0. The molecule has 5 heteroatoms. The van der Waals surface area contributed by atoms with Crippen molar-refractivity contribution in [2.24, 2.45) is 0 Å². The Kier molecular flexibility index (Phi) is 10.0. The van der Waals surface area contributed by atoms with Crippen LogP contribution in [0.5, 0.6) is 0 Å². The molecule has 0 radical (unpaired) electrons. The van der Waals surface area contributed by atoms with Crippen molar-refractivity contribution in [1.29, 1.82) is 0 Å². The number of carbonyl (C=O) groups excluding carboxylic acids is 1. The average Bonchev–Trinajstić information content (AvgIpc) is 2.75. The predicted molar refractivity (Wildman–Crippen MR) is 125 cm³/mol. The van der Waals surface area contributed by atoms with Crippen molar-refractivity contribution in [2.45, 2.75) is 32.9 Å². The first-order valence-electron chi connectivity index (χ1n) is 10.8. The molecule has 1 unspecified atom stereocenters. The third-order valence-electron chi connectivity index (χ3n) is 5.72. The molecule has 0 spiro atoms. The van der Waals surface area contributed by atoms with Gasteiger partial charge in [0, 0.05) is 38.8 Å². The van der Waals surface area contributed by atoms with Gasteiger partial charge in [-0.15, -0.1) is 0 Å². The molecule has 0 bridgehead atoms. The van der Waals surface area contributed by atoms with Crippen LogP contribution in [0, 0.1) is 6.92 Å². The van der Waals surface area contributed by atoms with Crippen LogP contribution in [0.4, 0.5) is 0 Å². The number of rotatable bonds is 11. The Morgan fingerprint density at radius 3 is 2.43 bits per heavy atom. The highest BCUT2D eigenvalue weighted by Crippen LogP contribution is 2.21. The smallest absolute Gasteiger partial charge is 0.246 e. The van der Waals surface area contributed by atoms with E-state index in [1.807, 2.05) is 13.0 Å². The zero-order valence-corrected chi connectivity index (χ0v) is 18.8. The summed E-state index contributed by atoms with van der Waals surface area (Å²) < 4.78 is 5.59. The molecule has 30 heavy (non-hydrogen) atoms. The SMILES string of the molecule is C=C/C=C(\C=C)C(C)NC(=O)COCCN1CCN([C@H](C)c2ccc(C)cc2)CC1. The number of hydrogen-bond donors (Lipinski definition) is 1. The van der Waals surface area contributed by atoms with Crippen molar-refractivity contribution in [2.75, 3.05) is 45.9 Å². The molecule has 1 amide bonds. The van der Waals surface area contributed by atoms with Crippen LogP contribution in [-0.4, -0.2) is 67.7 Å². The van der Waals surface area contributed by atoms with Gasteiger partial charge in [-0.25, -0.2) is 0 Å². The number of nitrogens with zero attached hydrogens (tertiary/aromatic N) is 2. The maximum atomic E-state index is 12.1. The monoisotopic (exact) mass is 411 g/mol. The van der Waals surface area contributed by atoms with Crippen molar-refractivity contribution < 1.29 is 9.53 Å². The van der Waals surface area contributed by atoms with Crippen LogP contribution in [0.2, 0.25) is 0 Å². The summed E-state index contributed by atoms with van der Waals surface area (Å²) in [4.78, 5) is 17.0. The van der Waals surface area contributed by atoms with Gasteiger partial charge in [-0.1, -0.05) is 61.2 Å². The minimum atomic E-state index is -0.115. The number of nitrogens with one attached hydrogen (secondary N) is 1. The van der Waals surface area contributed by atoms with E-state index in [2.05, 4.69) is 66.4 Å². The molecular formula is C25H37N3O2. The number of amides is 1. The summed E-state index contributed by atoms with van der Waals surface area (Å²) in [5, 5.41) is 2.92. The number of piperazine rings is 1. The van der Waals surface area contributed by atoms with Crippen molar-refractivity contribution in [3.63, 3.8) is 0 Å². The number of benzene rings is 1. The van der Waals surface area contributed by atoms with Crippen LogP contribution in [-0.2, 0) is 9.53 Å². The summed E-state index contributed by atoms with van der Waals surface area (Å²) in [6, 6.07) is 9.16. The van der Waals surface area contributed by atoms with Crippen LogP contribution >= 0.6 is 0 Å². The van der Waals surface area contributed by atoms with Gasteiger partial charge in [-0.3, -0.25) is 14.6 Å². The number of carbonyl (C=O) groups is 1. The molecule has 0 aromatic heterocycles. The van der Waals surface area contributed by atoms with E-state index in [0.29, 0.717) is 12.6 Å². The molecule has 1 aliphatic rings. The van der Waals surface area contributed by atoms with E-state index in [9.17, 15) is 4.79 Å². The molecule has 1 aromatic carbocycles. The third-order valence-corrected chi connectivity index (χ3v) is 5.72. The van der Waals surface area contributed by atoms with Gasteiger partial charge in [0.2, 0.25) is 5.91 Å². The summed E-state index contributed by atoms with van der Waals surface area (Å²) in [5.74, 6) is -0.115. The van der Waals surface area contributed by atoms with Gasteiger partial charge in [0.15, 0.2) is 0 Å². The van der Waals surface area contributed by atoms with Crippen molar-refractivity contribution >= 4 is 5.91 Å². The van der Waals surface area contributed by atoms with Gasteiger partial charge in [0.1, 0.15) is 6.61 Å². The molecule has 1 aromatic rings. The highest BCUT2D eigenvalue weighted by molar-refractivity contribution is 5.78. The fourth-order valence-corrected chi connectivity index (χ4v) is 3.68. The third kappa shape index (κ3) is 7.56. The molecule has 164 valence electrons. The van der Waals surface area contributed by atoms with E-state index in [4.69, 9.17) is 4.74 Å². The Bertz CT molecular complexity index is 718. The zero-order valence-electron chi connectivity index (χ0n) is 18.8. The first-order chi connectivity index (χ1) is 14.4. The molecule has 0 aliphatic carbocycles. The van der Waals surface area contributed by atoms with E-state index in [0.717, 1.165) is 38.3 Å². The zero-order chi connectivity index (χ0) is 21.9. The molecule has 1 aliphatic heterocycles.